The molecule has 0 radical (unpaired) electrons. The minimum Gasteiger partial charge on any atom is -0.355 e. The molecule has 0 aliphatic carbocycles. The molecule has 106 valence electrons. The zero-order valence-electron chi connectivity index (χ0n) is 12.3. The highest BCUT2D eigenvalue weighted by Gasteiger charge is 2.13. The minimum absolute atomic E-state index is 0.521. The van der Waals surface area contributed by atoms with Gasteiger partial charge in [0.2, 0.25) is 0 Å². The normalized spacial score (nSPS) is 16.1. The van der Waals surface area contributed by atoms with Gasteiger partial charge in [0.05, 0.1) is 0 Å². The maximum atomic E-state index is 4.79. The summed E-state index contributed by atoms with van der Waals surface area (Å²) in [5.41, 5.74) is 2.56. The van der Waals surface area contributed by atoms with E-state index >= 15 is 0 Å². The topological polar surface area (TPSA) is 28.2 Å². The molecular formula is C15H25N3S. The van der Waals surface area contributed by atoms with Crippen molar-refractivity contribution in [2.24, 2.45) is 0 Å². The maximum Gasteiger partial charge on any atom is 0.129 e. The standard InChI is InChI=1S/C15H25N3S/c1-4-14-9-13(11-16-12(2)3)10-15(17-14)18-5-7-19-8-6-18/h9-10,12,16H,4-8,11H2,1-3H3. The Morgan fingerprint density at radius 1 is 1.32 bits per heavy atom. The lowest BCUT2D eigenvalue weighted by Gasteiger charge is -2.28. The molecular weight excluding hydrogens is 254 g/mol. The van der Waals surface area contributed by atoms with Crippen LogP contribution < -0.4 is 10.2 Å². The summed E-state index contributed by atoms with van der Waals surface area (Å²) in [4.78, 5) is 7.22. The lowest BCUT2D eigenvalue weighted by molar-refractivity contribution is 0.588. The van der Waals surface area contributed by atoms with E-state index in [1.807, 2.05) is 11.8 Å². The molecule has 0 spiro atoms. The second kappa shape index (κ2) is 7.15. The summed E-state index contributed by atoms with van der Waals surface area (Å²) < 4.78 is 0. The maximum absolute atomic E-state index is 4.79. The molecule has 0 atom stereocenters. The number of anilines is 1. The number of aromatic nitrogens is 1. The number of thioether (sulfide) groups is 1. The third-order valence-electron chi connectivity index (χ3n) is 3.34. The molecule has 1 aliphatic rings. The summed E-state index contributed by atoms with van der Waals surface area (Å²) >= 11 is 2.04. The largest absolute Gasteiger partial charge is 0.355 e. The number of hydrogen-bond donors (Lipinski definition) is 1. The SMILES string of the molecule is CCc1cc(CNC(C)C)cc(N2CCSCC2)n1. The van der Waals surface area contributed by atoms with Gasteiger partial charge in [-0.15, -0.1) is 0 Å². The fourth-order valence-corrected chi connectivity index (χ4v) is 3.10. The Hall–Kier alpha value is -0.740. The van der Waals surface area contributed by atoms with Gasteiger partial charge in [0, 0.05) is 42.9 Å². The molecule has 0 unspecified atom stereocenters. The first-order valence-corrected chi connectivity index (χ1v) is 8.40. The van der Waals surface area contributed by atoms with Crippen LogP contribution in [0.3, 0.4) is 0 Å². The molecule has 3 nitrogen and oxygen atoms in total. The summed E-state index contributed by atoms with van der Waals surface area (Å²) in [6.07, 6.45) is 1.01. The van der Waals surface area contributed by atoms with Gasteiger partial charge in [-0.25, -0.2) is 4.98 Å². The molecule has 1 aliphatic heterocycles. The Morgan fingerprint density at radius 2 is 2.05 bits per heavy atom. The van der Waals surface area contributed by atoms with Gasteiger partial charge in [0.25, 0.3) is 0 Å². The van der Waals surface area contributed by atoms with Crippen molar-refractivity contribution in [3.05, 3.63) is 23.4 Å². The van der Waals surface area contributed by atoms with E-state index in [-0.39, 0.29) is 0 Å². The quantitative estimate of drug-likeness (QED) is 0.897. The van der Waals surface area contributed by atoms with Crippen molar-refractivity contribution in [1.29, 1.82) is 0 Å². The van der Waals surface area contributed by atoms with Crippen molar-refractivity contribution in [1.82, 2.24) is 10.3 Å². The Bertz CT molecular complexity index is 400. The van der Waals surface area contributed by atoms with E-state index in [1.165, 1.54) is 28.6 Å². The zero-order chi connectivity index (χ0) is 13.7. The summed E-state index contributed by atoms with van der Waals surface area (Å²) in [5.74, 6) is 3.61. The van der Waals surface area contributed by atoms with Gasteiger partial charge in [0.15, 0.2) is 0 Å². The lowest BCUT2D eigenvalue weighted by Crippen LogP contribution is -2.33. The van der Waals surface area contributed by atoms with Crippen LogP contribution in [0.15, 0.2) is 12.1 Å². The third kappa shape index (κ3) is 4.39. The molecule has 0 amide bonds. The number of nitrogens with zero attached hydrogens (tertiary/aromatic N) is 2. The Morgan fingerprint density at radius 3 is 2.68 bits per heavy atom. The average molecular weight is 279 g/mol. The van der Waals surface area contributed by atoms with Gasteiger partial charge in [-0.3, -0.25) is 0 Å². The van der Waals surface area contributed by atoms with Gasteiger partial charge in [-0.2, -0.15) is 11.8 Å². The summed E-state index contributed by atoms with van der Waals surface area (Å²) in [7, 11) is 0. The smallest absolute Gasteiger partial charge is 0.129 e. The van der Waals surface area contributed by atoms with E-state index in [0.717, 1.165) is 26.1 Å². The Labute approximate surface area is 121 Å². The highest BCUT2D eigenvalue weighted by molar-refractivity contribution is 7.99. The molecule has 2 heterocycles. The number of hydrogen-bond acceptors (Lipinski definition) is 4. The van der Waals surface area contributed by atoms with Crippen LogP contribution in [0, 0.1) is 0 Å². The summed E-state index contributed by atoms with van der Waals surface area (Å²) in [6.45, 7) is 9.74. The lowest BCUT2D eigenvalue weighted by atomic mass is 10.1. The van der Waals surface area contributed by atoms with Crippen molar-refractivity contribution < 1.29 is 0 Å². The predicted octanol–water partition coefficient (Wildman–Crippen LogP) is 2.70. The molecule has 1 aromatic heterocycles. The van der Waals surface area contributed by atoms with E-state index in [1.54, 1.807) is 0 Å². The van der Waals surface area contributed by atoms with Crippen LogP contribution in [0.1, 0.15) is 32.0 Å². The van der Waals surface area contributed by atoms with Gasteiger partial charge in [0.1, 0.15) is 5.82 Å². The van der Waals surface area contributed by atoms with Crippen molar-refractivity contribution >= 4 is 17.6 Å². The van der Waals surface area contributed by atoms with E-state index in [9.17, 15) is 0 Å². The van der Waals surface area contributed by atoms with Crippen LogP contribution >= 0.6 is 11.8 Å². The number of aryl methyl sites for hydroxylation is 1. The molecule has 2 rings (SSSR count). The third-order valence-corrected chi connectivity index (χ3v) is 4.28. The summed E-state index contributed by atoms with van der Waals surface area (Å²) in [6, 6.07) is 5.01. The first-order valence-electron chi connectivity index (χ1n) is 7.25. The predicted molar refractivity (Wildman–Crippen MR) is 85.1 cm³/mol. The monoisotopic (exact) mass is 279 g/mol. The minimum atomic E-state index is 0.521. The Balaban J connectivity index is 2.14. The molecule has 0 saturated carbocycles. The van der Waals surface area contributed by atoms with Crippen molar-refractivity contribution in [2.45, 2.75) is 39.8 Å². The fraction of sp³-hybridized carbons (Fsp3) is 0.667. The van der Waals surface area contributed by atoms with Gasteiger partial charge < -0.3 is 10.2 Å². The van der Waals surface area contributed by atoms with E-state index in [2.05, 4.69) is 43.1 Å². The first-order chi connectivity index (χ1) is 9.19. The summed E-state index contributed by atoms with van der Waals surface area (Å²) in [5, 5.41) is 3.49. The molecule has 1 saturated heterocycles. The van der Waals surface area contributed by atoms with Crippen molar-refractivity contribution in [3.8, 4) is 0 Å². The number of nitrogens with one attached hydrogen (secondary N) is 1. The zero-order valence-corrected chi connectivity index (χ0v) is 13.1. The highest BCUT2D eigenvalue weighted by atomic mass is 32.2. The molecule has 0 aromatic carbocycles. The van der Waals surface area contributed by atoms with Crippen molar-refractivity contribution in [3.63, 3.8) is 0 Å². The van der Waals surface area contributed by atoms with E-state index in [0.29, 0.717) is 6.04 Å². The number of rotatable bonds is 5. The van der Waals surface area contributed by atoms with E-state index < -0.39 is 0 Å². The average Bonchev–Trinajstić information content (AvgIpc) is 2.45. The van der Waals surface area contributed by atoms with Gasteiger partial charge >= 0.3 is 0 Å². The molecule has 1 N–H and O–H groups in total. The second-order valence-electron chi connectivity index (χ2n) is 5.31. The van der Waals surface area contributed by atoms with Gasteiger partial charge in [-0.1, -0.05) is 20.8 Å². The van der Waals surface area contributed by atoms with Crippen LogP contribution in [0.25, 0.3) is 0 Å². The molecule has 1 aromatic rings. The molecule has 1 fully saturated rings. The molecule has 19 heavy (non-hydrogen) atoms. The molecule has 4 heteroatoms. The highest BCUT2D eigenvalue weighted by Crippen LogP contribution is 2.20. The second-order valence-corrected chi connectivity index (χ2v) is 6.54. The van der Waals surface area contributed by atoms with Crippen LogP contribution in [-0.4, -0.2) is 35.6 Å². The van der Waals surface area contributed by atoms with E-state index in [4.69, 9.17) is 4.98 Å². The van der Waals surface area contributed by atoms with Crippen molar-refractivity contribution in [2.75, 3.05) is 29.5 Å². The first kappa shape index (κ1) is 14.7. The fourth-order valence-electron chi connectivity index (χ4n) is 2.19. The Kier molecular flexibility index (Phi) is 5.52. The van der Waals surface area contributed by atoms with Crippen LogP contribution in [-0.2, 0) is 13.0 Å². The van der Waals surface area contributed by atoms with Crippen LogP contribution in [0.5, 0.6) is 0 Å². The number of pyridine rings is 1. The van der Waals surface area contributed by atoms with Crippen LogP contribution in [0.4, 0.5) is 5.82 Å². The molecule has 0 bridgehead atoms. The van der Waals surface area contributed by atoms with Gasteiger partial charge in [-0.05, 0) is 24.1 Å². The van der Waals surface area contributed by atoms with Crippen LogP contribution in [0.2, 0.25) is 0 Å².